The van der Waals surface area contributed by atoms with Crippen LogP contribution >= 0.6 is 22.7 Å². The first kappa shape index (κ1) is 19.4. The molecule has 0 aliphatic carbocycles. The molecule has 0 aliphatic rings. The van der Waals surface area contributed by atoms with Gasteiger partial charge in [-0.05, 0) is 41.3 Å². The van der Waals surface area contributed by atoms with Crippen molar-refractivity contribution >= 4 is 28.4 Å². The number of rotatable bonds is 9. The van der Waals surface area contributed by atoms with Gasteiger partial charge in [0.15, 0.2) is 0 Å². The Morgan fingerprint density at radius 3 is 2.62 bits per heavy atom. The Morgan fingerprint density at radius 2 is 1.86 bits per heavy atom. The quantitative estimate of drug-likeness (QED) is 0.356. The second-order valence-electron chi connectivity index (χ2n) is 6.46. The number of thiazole rings is 1. The zero-order valence-electron chi connectivity index (χ0n) is 16.0. The molecule has 0 amide bonds. The monoisotopic (exact) mass is 423 g/mol. The van der Waals surface area contributed by atoms with Gasteiger partial charge in [-0.25, -0.2) is 9.97 Å². The second-order valence-corrected chi connectivity index (χ2v) is 7.96. The van der Waals surface area contributed by atoms with Crippen molar-refractivity contribution in [2.75, 3.05) is 25.1 Å². The van der Waals surface area contributed by atoms with Gasteiger partial charge >= 0.3 is 0 Å². The van der Waals surface area contributed by atoms with Gasteiger partial charge in [0.25, 0.3) is 0 Å². The molecule has 0 spiro atoms. The van der Waals surface area contributed by atoms with Crippen molar-refractivity contribution in [1.29, 1.82) is 0 Å². The fourth-order valence-electron chi connectivity index (χ4n) is 2.83. The van der Waals surface area contributed by atoms with Crippen LogP contribution in [0.2, 0.25) is 0 Å². The van der Waals surface area contributed by atoms with Crippen molar-refractivity contribution in [3.63, 3.8) is 0 Å². The van der Waals surface area contributed by atoms with Gasteiger partial charge in [-0.3, -0.25) is 0 Å². The van der Waals surface area contributed by atoms with Gasteiger partial charge in [-0.15, -0.1) is 22.7 Å². The predicted octanol–water partition coefficient (Wildman–Crippen LogP) is 5.50. The van der Waals surface area contributed by atoms with Crippen molar-refractivity contribution in [1.82, 2.24) is 9.97 Å². The maximum atomic E-state index is 5.92. The Balaban J connectivity index is 1.30. The molecule has 0 fully saturated rings. The van der Waals surface area contributed by atoms with E-state index in [4.69, 9.17) is 9.47 Å². The molecule has 7 heteroatoms. The first-order valence-electron chi connectivity index (χ1n) is 9.23. The molecule has 0 N–H and O–H groups in total. The number of nitrogens with zero attached hydrogens (tertiary/aromatic N) is 3. The van der Waals surface area contributed by atoms with Gasteiger partial charge in [-0.1, -0.05) is 12.1 Å². The molecule has 0 saturated carbocycles. The third-order valence-electron chi connectivity index (χ3n) is 4.36. The van der Waals surface area contributed by atoms with Crippen LogP contribution in [0.3, 0.4) is 0 Å². The fraction of sp³-hybridized carbons (Fsp3) is 0.182. The zero-order valence-corrected chi connectivity index (χ0v) is 17.7. The molecule has 3 heterocycles. The summed E-state index contributed by atoms with van der Waals surface area (Å²) in [5.74, 6) is 2.26. The molecule has 3 aromatic heterocycles. The summed E-state index contributed by atoms with van der Waals surface area (Å²) in [7, 11) is 2.01. The number of benzene rings is 1. The zero-order chi connectivity index (χ0) is 19.9. The molecule has 4 aromatic rings. The van der Waals surface area contributed by atoms with E-state index in [1.807, 2.05) is 53.7 Å². The SMILES string of the molecule is CN(CCOc1ccc(Cc2cscn2)cc1)c1cccnc1Oc1ccsc1. The van der Waals surface area contributed by atoms with E-state index in [2.05, 4.69) is 32.4 Å². The number of ether oxygens (including phenoxy) is 2. The number of thiophene rings is 1. The van der Waals surface area contributed by atoms with E-state index in [0.29, 0.717) is 19.0 Å². The lowest BCUT2D eigenvalue weighted by Gasteiger charge is -2.21. The van der Waals surface area contributed by atoms with E-state index in [9.17, 15) is 0 Å². The minimum atomic E-state index is 0.564. The molecule has 0 atom stereocenters. The highest BCUT2D eigenvalue weighted by atomic mass is 32.1. The highest BCUT2D eigenvalue weighted by Crippen LogP contribution is 2.30. The van der Waals surface area contributed by atoms with Crippen LogP contribution in [0.1, 0.15) is 11.3 Å². The van der Waals surface area contributed by atoms with Crippen molar-refractivity contribution in [2.45, 2.75) is 6.42 Å². The molecule has 5 nitrogen and oxygen atoms in total. The molecule has 148 valence electrons. The van der Waals surface area contributed by atoms with Gasteiger partial charge in [0.05, 0.1) is 17.7 Å². The lowest BCUT2D eigenvalue weighted by Crippen LogP contribution is -2.24. The lowest BCUT2D eigenvalue weighted by atomic mass is 10.1. The van der Waals surface area contributed by atoms with E-state index in [-0.39, 0.29) is 0 Å². The first-order valence-corrected chi connectivity index (χ1v) is 11.1. The van der Waals surface area contributed by atoms with Gasteiger partial charge < -0.3 is 14.4 Å². The molecular formula is C22H21N3O2S2. The number of likely N-dealkylation sites (N-methyl/N-ethyl adjacent to an activating group) is 1. The van der Waals surface area contributed by atoms with Gasteiger partial charge in [-0.2, -0.15) is 0 Å². The highest BCUT2D eigenvalue weighted by molar-refractivity contribution is 7.08. The van der Waals surface area contributed by atoms with Crippen LogP contribution in [0.5, 0.6) is 17.4 Å². The Hall–Kier alpha value is -2.90. The third-order valence-corrected chi connectivity index (χ3v) is 5.66. The maximum absolute atomic E-state index is 5.92. The van der Waals surface area contributed by atoms with Crippen LogP contribution in [0.25, 0.3) is 0 Å². The summed E-state index contributed by atoms with van der Waals surface area (Å²) in [6, 6.07) is 14.0. The van der Waals surface area contributed by atoms with Crippen molar-refractivity contribution in [2.24, 2.45) is 0 Å². The van der Waals surface area contributed by atoms with Gasteiger partial charge in [0.1, 0.15) is 23.8 Å². The minimum Gasteiger partial charge on any atom is -0.492 e. The number of pyridine rings is 1. The van der Waals surface area contributed by atoms with E-state index in [1.54, 1.807) is 28.9 Å². The molecule has 0 aliphatic heterocycles. The highest BCUT2D eigenvalue weighted by Gasteiger charge is 2.11. The fourth-order valence-corrected chi connectivity index (χ4v) is 3.94. The van der Waals surface area contributed by atoms with Crippen LogP contribution in [-0.4, -0.2) is 30.2 Å². The average Bonchev–Trinajstić information content (AvgIpc) is 3.44. The molecular weight excluding hydrogens is 402 g/mol. The predicted molar refractivity (Wildman–Crippen MR) is 119 cm³/mol. The average molecular weight is 424 g/mol. The van der Waals surface area contributed by atoms with Crippen LogP contribution in [-0.2, 0) is 6.42 Å². The van der Waals surface area contributed by atoms with Crippen LogP contribution < -0.4 is 14.4 Å². The van der Waals surface area contributed by atoms with Gasteiger partial charge in [0.2, 0.25) is 5.88 Å². The van der Waals surface area contributed by atoms with E-state index in [0.717, 1.165) is 29.3 Å². The molecule has 0 radical (unpaired) electrons. The summed E-state index contributed by atoms with van der Waals surface area (Å²) in [5.41, 5.74) is 5.12. The maximum Gasteiger partial charge on any atom is 0.243 e. The van der Waals surface area contributed by atoms with Crippen molar-refractivity contribution < 1.29 is 9.47 Å². The van der Waals surface area contributed by atoms with Crippen molar-refractivity contribution in [3.05, 3.63) is 81.6 Å². The summed E-state index contributed by atoms with van der Waals surface area (Å²) >= 11 is 3.22. The standard InChI is InChI=1S/C22H21N3O2S2/c1-25(21-3-2-9-23-22(21)27-20-8-12-28-15-20)10-11-26-19-6-4-17(5-7-19)13-18-14-29-16-24-18/h2-9,12,14-16H,10-11,13H2,1H3. The van der Waals surface area contributed by atoms with E-state index < -0.39 is 0 Å². The number of hydrogen-bond acceptors (Lipinski definition) is 7. The second kappa shape index (κ2) is 9.54. The Labute approximate surface area is 178 Å². The smallest absolute Gasteiger partial charge is 0.243 e. The molecule has 4 rings (SSSR count). The largest absolute Gasteiger partial charge is 0.492 e. The topological polar surface area (TPSA) is 47.5 Å². The number of hydrogen-bond donors (Lipinski definition) is 0. The molecule has 1 aromatic carbocycles. The van der Waals surface area contributed by atoms with Crippen molar-refractivity contribution in [3.8, 4) is 17.4 Å². The minimum absolute atomic E-state index is 0.564. The summed E-state index contributed by atoms with van der Waals surface area (Å²) in [5, 5.41) is 6.02. The summed E-state index contributed by atoms with van der Waals surface area (Å²) in [4.78, 5) is 10.8. The van der Waals surface area contributed by atoms with E-state index in [1.165, 1.54) is 5.56 Å². The summed E-state index contributed by atoms with van der Waals surface area (Å²) in [6.45, 7) is 1.28. The van der Waals surface area contributed by atoms with Crippen LogP contribution in [0.15, 0.2) is 70.3 Å². The molecule has 0 saturated heterocycles. The molecule has 0 bridgehead atoms. The molecule has 0 unspecified atom stereocenters. The number of anilines is 1. The van der Waals surface area contributed by atoms with Gasteiger partial charge in [0, 0.05) is 30.4 Å². The molecule has 29 heavy (non-hydrogen) atoms. The lowest BCUT2D eigenvalue weighted by molar-refractivity contribution is 0.325. The Morgan fingerprint density at radius 1 is 0.966 bits per heavy atom. The van der Waals surface area contributed by atoms with Crippen LogP contribution in [0.4, 0.5) is 5.69 Å². The number of aromatic nitrogens is 2. The van der Waals surface area contributed by atoms with E-state index >= 15 is 0 Å². The Kier molecular flexibility index (Phi) is 6.38. The summed E-state index contributed by atoms with van der Waals surface area (Å²) < 4.78 is 11.8. The normalized spacial score (nSPS) is 10.7. The van der Waals surface area contributed by atoms with Crippen LogP contribution in [0, 0.1) is 0 Å². The summed E-state index contributed by atoms with van der Waals surface area (Å²) in [6.07, 6.45) is 2.59. The first-order chi connectivity index (χ1) is 14.3. The Bertz CT molecular complexity index is 1000. The third kappa shape index (κ3) is 5.34.